The average molecular weight is 241 g/mol. The maximum absolute atomic E-state index is 12.0. The number of likely N-dealkylation sites (tertiary alicyclic amines) is 1. The van der Waals surface area contributed by atoms with Gasteiger partial charge in [0.1, 0.15) is 6.04 Å². The molecular weight excluding hydrogens is 222 g/mol. The van der Waals surface area contributed by atoms with Gasteiger partial charge in [-0.05, 0) is 5.41 Å². The number of rotatable bonds is 2. The fourth-order valence-corrected chi connectivity index (χ4v) is 2.10. The molecule has 0 spiro atoms. The van der Waals surface area contributed by atoms with Crippen molar-refractivity contribution in [1.29, 1.82) is 0 Å². The molecule has 17 heavy (non-hydrogen) atoms. The Morgan fingerprint density at radius 3 is 1.76 bits per heavy atom. The van der Waals surface area contributed by atoms with E-state index in [1.807, 2.05) is 0 Å². The maximum atomic E-state index is 12.0. The summed E-state index contributed by atoms with van der Waals surface area (Å²) in [7, 11) is 0. The summed E-state index contributed by atoms with van der Waals surface area (Å²) in [6.45, 7) is 8.44. The highest BCUT2D eigenvalue weighted by Gasteiger charge is 2.51. The van der Waals surface area contributed by atoms with Gasteiger partial charge in [0.2, 0.25) is 11.8 Å². The third kappa shape index (κ3) is 2.18. The molecule has 0 aromatic carbocycles. The molecule has 1 aliphatic rings. The molecule has 0 aromatic heterocycles. The van der Waals surface area contributed by atoms with Crippen molar-refractivity contribution < 1.29 is 19.5 Å². The van der Waals surface area contributed by atoms with Gasteiger partial charge in [0, 0.05) is 11.8 Å². The largest absolute Gasteiger partial charge is 0.480 e. The second-order valence-electron chi connectivity index (χ2n) is 5.73. The Labute approximate surface area is 101 Å². The van der Waals surface area contributed by atoms with Gasteiger partial charge < -0.3 is 5.11 Å². The number of imide groups is 1. The van der Waals surface area contributed by atoms with Crippen LogP contribution in [0.5, 0.6) is 0 Å². The first kappa shape index (κ1) is 13.7. The van der Waals surface area contributed by atoms with Crippen LogP contribution in [0.3, 0.4) is 0 Å². The van der Waals surface area contributed by atoms with E-state index in [1.165, 1.54) is 0 Å². The van der Waals surface area contributed by atoms with E-state index in [0.29, 0.717) is 0 Å². The summed E-state index contributed by atoms with van der Waals surface area (Å²) in [5, 5.41) is 9.23. The second kappa shape index (κ2) is 4.13. The maximum Gasteiger partial charge on any atom is 0.327 e. The molecule has 96 valence electrons. The minimum absolute atomic E-state index is 0.384. The van der Waals surface area contributed by atoms with Gasteiger partial charge in [-0.15, -0.1) is 0 Å². The zero-order chi connectivity index (χ0) is 13.5. The van der Waals surface area contributed by atoms with Crippen molar-refractivity contribution in [2.75, 3.05) is 0 Å². The van der Waals surface area contributed by atoms with Crippen molar-refractivity contribution in [2.45, 2.75) is 40.7 Å². The van der Waals surface area contributed by atoms with Gasteiger partial charge in [-0.3, -0.25) is 14.5 Å². The third-order valence-corrected chi connectivity index (χ3v) is 3.32. The number of carbonyl (C=O) groups is 3. The summed E-state index contributed by atoms with van der Waals surface area (Å²) in [4.78, 5) is 36.1. The molecular formula is C12H19NO4. The second-order valence-corrected chi connectivity index (χ2v) is 5.73. The van der Waals surface area contributed by atoms with Crippen molar-refractivity contribution in [3.8, 4) is 0 Å². The highest BCUT2D eigenvalue weighted by molar-refractivity contribution is 6.07. The highest BCUT2D eigenvalue weighted by Crippen LogP contribution is 2.33. The van der Waals surface area contributed by atoms with Crippen molar-refractivity contribution in [2.24, 2.45) is 17.3 Å². The van der Waals surface area contributed by atoms with Gasteiger partial charge >= 0.3 is 5.97 Å². The first-order chi connectivity index (χ1) is 7.59. The Hall–Kier alpha value is -1.39. The lowest BCUT2D eigenvalue weighted by Gasteiger charge is -2.33. The monoisotopic (exact) mass is 241 g/mol. The van der Waals surface area contributed by atoms with Crippen LogP contribution in [0.15, 0.2) is 0 Å². The minimum atomic E-state index is -1.14. The van der Waals surface area contributed by atoms with Crippen LogP contribution in [-0.2, 0) is 14.4 Å². The lowest BCUT2D eigenvalue weighted by molar-refractivity contribution is -0.159. The van der Waals surface area contributed by atoms with Crippen LogP contribution >= 0.6 is 0 Å². The van der Waals surface area contributed by atoms with Gasteiger partial charge in [0.15, 0.2) is 0 Å². The van der Waals surface area contributed by atoms with Gasteiger partial charge in [0.25, 0.3) is 0 Å². The molecule has 5 heteroatoms. The smallest absolute Gasteiger partial charge is 0.327 e. The number of amides is 2. The Bertz CT molecular complexity index is 349. The Kier molecular flexibility index (Phi) is 3.32. The minimum Gasteiger partial charge on any atom is -0.480 e. The quantitative estimate of drug-likeness (QED) is 0.735. The lowest BCUT2D eigenvalue weighted by Crippen LogP contribution is -2.52. The number of hydrogen-bond donors (Lipinski definition) is 1. The van der Waals surface area contributed by atoms with Crippen LogP contribution in [0.2, 0.25) is 0 Å². The van der Waals surface area contributed by atoms with Crippen molar-refractivity contribution in [1.82, 2.24) is 4.90 Å². The van der Waals surface area contributed by atoms with Crippen LogP contribution in [0, 0.1) is 17.3 Å². The molecule has 5 nitrogen and oxygen atoms in total. The van der Waals surface area contributed by atoms with Gasteiger partial charge in [-0.2, -0.15) is 0 Å². The summed E-state index contributed by atoms with van der Waals surface area (Å²) in [6.07, 6.45) is 0. The molecule has 3 unspecified atom stereocenters. The fraction of sp³-hybridized carbons (Fsp3) is 0.750. The molecule has 1 N–H and O–H groups in total. The molecule has 0 aromatic rings. The van der Waals surface area contributed by atoms with Crippen LogP contribution in [-0.4, -0.2) is 33.8 Å². The topological polar surface area (TPSA) is 74.7 Å². The molecule has 0 aliphatic carbocycles. The number of nitrogens with zero attached hydrogens (tertiary/aromatic N) is 1. The SMILES string of the molecule is CC1C(=O)N(C(C(=O)O)C(C)(C)C)C(=O)C1C. The molecule has 3 atom stereocenters. The van der Waals surface area contributed by atoms with E-state index in [1.54, 1.807) is 34.6 Å². The number of aliphatic carboxylic acids is 1. The van der Waals surface area contributed by atoms with E-state index in [9.17, 15) is 19.5 Å². The molecule has 1 fully saturated rings. The number of carboxylic acids is 1. The Morgan fingerprint density at radius 2 is 1.53 bits per heavy atom. The lowest BCUT2D eigenvalue weighted by atomic mass is 9.85. The van der Waals surface area contributed by atoms with E-state index in [4.69, 9.17) is 0 Å². The molecule has 1 aliphatic heterocycles. The first-order valence-corrected chi connectivity index (χ1v) is 5.68. The predicted octanol–water partition coefficient (Wildman–Crippen LogP) is 1.13. The number of hydrogen-bond acceptors (Lipinski definition) is 3. The zero-order valence-corrected chi connectivity index (χ0v) is 10.9. The van der Waals surface area contributed by atoms with Crippen LogP contribution < -0.4 is 0 Å². The zero-order valence-electron chi connectivity index (χ0n) is 10.9. The number of carbonyl (C=O) groups excluding carboxylic acids is 2. The molecule has 1 saturated heterocycles. The van der Waals surface area contributed by atoms with Crippen LogP contribution in [0.1, 0.15) is 34.6 Å². The van der Waals surface area contributed by atoms with E-state index in [-0.39, 0.29) is 11.8 Å². The molecule has 0 saturated carbocycles. The standard InChI is InChI=1S/C12H19NO4/c1-6-7(2)10(15)13(9(6)14)8(11(16)17)12(3,4)5/h6-8H,1-5H3,(H,16,17). The van der Waals surface area contributed by atoms with Crippen molar-refractivity contribution >= 4 is 17.8 Å². The summed E-state index contributed by atoms with van der Waals surface area (Å²) in [6, 6.07) is -1.10. The molecule has 0 radical (unpaired) electrons. The van der Waals surface area contributed by atoms with E-state index in [0.717, 1.165) is 4.90 Å². The van der Waals surface area contributed by atoms with Gasteiger partial charge in [0.05, 0.1) is 0 Å². The highest BCUT2D eigenvalue weighted by atomic mass is 16.4. The van der Waals surface area contributed by atoms with E-state index >= 15 is 0 Å². The third-order valence-electron chi connectivity index (χ3n) is 3.32. The Morgan fingerprint density at radius 1 is 1.18 bits per heavy atom. The molecule has 0 bridgehead atoms. The average Bonchev–Trinajstić information content (AvgIpc) is 2.33. The summed E-state index contributed by atoms with van der Waals surface area (Å²) in [5.74, 6) is -2.78. The van der Waals surface area contributed by atoms with Crippen LogP contribution in [0.25, 0.3) is 0 Å². The number of carboxylic acid groups (broad SMARTS) is 1. The fourth-order valence-electron chi connectivity index (χ4n) is 2.10. The predicted molar refractivity (Wildman–Crippen MR) is 61.1 cm³/mol. The van der Waals surface area contributed by atoms with Gasteiger partial charge in [-0.25, -0.2) is 4.79 Å². The summed E-state index contributed by atoms with van der Waals surface area (Å²) >= 11 is 0. The first-order valence-electron chi connectivity index (χ1n) is 5.68. The van der Waals surface area contributed by atoms with Crippen molar-refractivity contribution in [3.63, 3.8) is 0 Å². The van der Waals surface area contributed by atoms with Crippen molar-refractivity contribution in [3.05, 3.63) is 0 Å². The van der Waals surface area contributed by atoms with E-state index < -0.39 is 29.3 Å². The normalized spacial score (nSPS) is 27.5. The Balaban J connectivity index is 3.18. The molecule has 1 heterocycles. The van der Waals surface area contributed by atoms with Crippen LogP contribution in [0.4, 0.5) is 0 Å². The van der Waals surface area contributed by atoms with Gasteiger partial charge in [-0.1, -0.05) is 34.6 Å². The van der Waals surface area contributed by atoms with E-state index in [2.05, 4.69) is 0 Å². The summed E-state index contributed by atoms with van der Waals surface area (Å²) in [5.41, 5.74) is -0.680. The molecule has 2 amide bonds. The molecule has 1 rings (SSSR count). The summed E-state index contributed by atoms with van der Waals surface area (Å²) < 4.78 is 0.